The van der Waals surface area contributed by atoms with Crippen molar-refractivity contribution >= 4 is 17.9 Å². The van der Waals surface area contributed by atoms with E-state index in [0.717, 1.165) is 77.0 Å². The van der Waals surface area contributed by atoms with Gasteiger partial charge in [0.05, 0.1) is 0 Å². The lowest BCUT2D eigenvalue weighted by Gasteiger charge is -2.18. The Morgan fingerprint density at radius 1 is 0.344 bits per heavy atom. The molecule has 0 radical (unpaired) electrons. The van der Waals surface area contributed by atoms with Crippen molar-refractivity contribution in [2.24, 2.45) is 0 Å². The van der Waals surface area contributed by atoms with Crippen molar-refractivity contribution in [1.82, 2.24) is 0 Å². The summed E-state index contributed by atoms with van der Waals surface area (Å²) in [6.07, 6.45) is 61.7. The van der Waals surface area contributed by atoms with Crippen molar-refractivity contribution in [1.29, 1.82) is 0 Å². The van der Waals surface area contributed by atoms with Gasteiger partial charge in [0.2, 0.25) is 0 Å². The first-order valence-electron chi connectivity index (χ1n) is 25.5. The van der Waals surface area contributed by atoms with Crippen LogP contribution in [-0.4, -0.2) is 37.2 Å². The van der Waals surface area contributed by atoms with Crippen molar-refractivity contribution in [3.8, 4) is 0 Å². The van der Waals surface area contributed by atoms with E-state index in [1.165, 1.54) is 116 Å². The van der Waals surface area contributed by atoms with Crippen LogP contribution in [0.25, 0.3) is 0 Å². The van der Waals surface area contributed by atoms with Crippen molar-refractivity contribution in [3.63, 3.8) is 0 Å². The summed E-state index contributed by atoms with van der Waals surface area (Å²) in [7, 11) is 0. The van der Waals surface area contributed by atoms with Gasteiger partial charge in [0.25, 0.3) is 0 Å². The number of allylic oxidation sites excluding steroid dienone is 12. The van der Waals surface area contributed by atoms with E-state index in [-0.39, 0.29) is 37.5 Å². The number of unbranched alkanes of at least 4 members (excludes halogenated alkanes) is 26. The van der Waals surface area contributed by atoms with E-state index in [1.54, 1.807) is 0 Å². The largest absolute Gasteiger partial charge is 0.462 e. The maximum absolute atomic E-state index is 12.8. The van der Waals surface area contributed by atoms with Crippen molar-refractivity contribution < 1.29 is 28.6 Å². The van der Waals surface area contributed by atoms with Crippen LogP contribution in [0, 0.1) is 0 Å². The SMILES string of the molecule is CC\C=C/C=C\C=C/C=C\C=C/CCCCCC(=O)OC(COC(=O)CCCCCCC/C=C\CCCC)COC(=O)CCCCCCCCCCCCCCCCCCC. The van der Waals surface area contributed by atoms with Crippen LogP contribution in [0.5, 0.6) is 0 Å². The average Bonchev–Trinajstić information content (AvgIpc) is 3.26. The fraction of sp³-hybridized carbons (Fsp3) is 0.727. The molecular weight excluding hydrogens is 757 g/mol. The Kier molecular flexibility index (Phi) is 46.9. The van der Waals surface area contributed by atoms with Gasteiger partial charge in [0.15, 0.2) is 6.10 Å². The van der Waals surface area contributed by atoms with Gasteiger partial charge < -0.3 is 14.2 Å². The monoisotopic (exact) mass is 851 g/mol. The van der Waals surface area contributed by atoms with E-state index in [2.05, 4.69) is 45.1 Å². The second-order valence-electron chi connectivity index (χ2n) is 16.8. The smallest absolute Gasteiger partial charge is 0.306 e. The highest BCUT2D eigenvalue weighted by molar-refractivity contribution is 5.71. The Labute approximate surface area is 376 Å². The molecule has 6 nitrogen and oxygen atoms in total. The van der Waals surface area contributed by atoms with Crippen LogP contribution in [0.2, 0.25) is 0 Å². The number of carbonyl (C=O) groups excluding carboxylic acids is 3. The third-order valence-corrected chi connectivity index (χ3v) is 10.8. The van der Waals surface area contributed by atoms with Crippen LogP contribution in [0.15, 0.2) is 72.9 Å². The third-order valence-electron chi connectivity index (χ3n) is 10.8. The fourth-order valence-electron chi connectivity index (χ4n) is 6.97. The minimum absolute atomic E-state index is 0.0939. The van der Waals surface area contributed by atoms with E-state index < -0.39 is 6.10 Å². The van der Waals surface area contributed by atoms with Crippen molar-refractivity contribution in [2.45, 2.75) is 245 Å². The fourth-order valence-corrected chi connectivity index (χ4v) is 6.97. The summed E-state index contributed by atoms with van der Waals surface area (Å²) < 4.78 is 16.7. The Morgan fingerprint density at radius 2 is 0.672 bits per heavy atom. The molecule has 0 aliphatic rings. The third kappa shape index (κ3) is 47.7. The molecule has 0 amide bonds. The number of hydrogen-bond acceptors (Lipinski definition) is 6. The highest BCUT2D eigenvalue weighted by Gasteiger charge is 2.19. The summed E-state index contributed by atoms with van der Waals surface area (Å²) >= 11 is 0. The van der Waals surface area contributed by atoms with Crippen LogP contribution < -0.4 is 0 Å². The predicted molar refractivity (Wildman–Crippen MR) is 261 cm³/mol. The standard InChI is InChI=1S/C55H94O6/c1-4-7-10-13-16-19-22-24-26-27-29-30-33-36-39-42-45-48-54(57)60-51-52(50-59-53(56)47-44-41-38-35-32-21-18-15-12-9-6-3)61-55(58)49-46-43-40-37-34-31-28-25-23-20-17-14-11-8-5-2/h8,11,14-15,17-18,20,23,25,28,31,34,52H,4-7,9-10,12-13,16,19,21-22,24,26-27,29-30,32-33,35-51H2,1-3H3/b11-8-,17-14-,18-15-,23-20-,28-25-,34-31-. The Bertz CT molecular complexity index is 1160. The number of rotatable bonds is 45. The molecule has 1 atom stereocenters. The van der Waals surface area contributed by atoms with E-state index in [4.69, 9.17) is 14.2 Å². The van der Waals surface area contributed by atoms with Crippen LogP contribution in [0.3, 0.4) is 0 Å². The van der Waals surface area contributed by atoms with E-state index >= 15 is 0 Å². The van der Waals surface area contributed by atoms with Gasteiger partial charge in [-0.05, 0) is 57.8 Å². The molecule has 0 aromatic heterocycles. The molecule has 0 aromatic rings. The Hall–Kier alpha value is -3.15. The zero-order chi connectivity index (χ0) is 44.4. The molecule has 0 bridgehead atoms. The quantitative estimate of drug-likeness (QED) is 0.0200. The molecule has 61 heavy (non-hydrogen) atoms. The van der Waals surface area contributed by atoms with Gasteiger partial charge in [-0.3, -0.25) is 14.4 Å². The summed E-state index contributed by atoms with van der Waals surface area (Å²) in [6, 6.07) is 0. The first-order chi connectivity index (χ1) is 30.0. The maximum atomic E-state index is 12.8. The summed E-state index contributed by atoms with van der Waals surface area (Å²) in [4.78, 5) is 37.9. The van der Waals surface area contributed by atoms with Crippen LogP contribution in [0.1, 0.15) is 239 Å². The lowest BCUT2D eigenvalue weighted by molar-refractivity contribution is -0.167. The lowest BCUT2D eigenvalue weighted by Crippen LogP contribution is -2.30. The predicted octanol–water partition coefficient (Wildman–Crippen LogP) is 16.6. The topological polar surface area (TPSA) is 78.9 Å². The summed E-state index contributed by atoms with van der Waals surface area (Å²) in [5.41, 5.74) is 0. The van der Waals surface area contributed by atoms with E-state index in [1.807, 2.05) is 48.6 Å². The van der Waals surface area contributed by atoms with Crippen LogP contribution >= 0.6 is 0 Å². The average molecular weight is 851 g/mol. The second-order valence-corrected chi connectivity index (χ2v) is 16.8. The highest BCUT2D eigenvalue weighted by atomic mass is 16.6. The lowest BCUT2D eigenvalue weighted by atomic mass is 10.0. The first kappa shape index (κ1) is 57.9. The molecule has 6 heteroatoms. The van der Waals surface area contributed by atoms with Crippen LogP contribution in [0.4, 0.5) is 0 Å². The minimum atomic E-state index is -0.798. The van der Waals surface area contributed by atoms with Gasteiger partial charge in [-0.2, -0.15) is 0 Å². The Morgan fingerprint density at radius 3 is 1.11 bits per heavy atom. The normalized spacial score (nSPS) is 12.6. The number of ether oxygens (including phenoxy) is 3. The first-order valence-corrected chi connectivity index (χ1v) is 25.5. The molecule has 0 spiro atoms. The van der Waals surface area contributed by atoms with Crippen LogP contribution in [-0.2, 0) is 28.6 Å². The van der Waals surface area contributed by atoms with Gasteiger partial charge in [-0.1, -0.05) is 235 Å². The van der Waals surface area contributed by atoms with Gasteiger partial charge in [0, 0.05) is 19.3 Å². The van der Waals surface area contributed by atoms with Crippen molar-refractivity contribution in [2.75, 3.05) is 13.2 Å². The highest BCUT2D eigenvalue weighted by Crippen LogP contribution is 2.15. The maximum Gasteiger partial charge on any atom is 0.306 e. The van der Waals surface area contributed by atoms with E-state index in [9.17, 15) is 14.4 Å². The van der Waals surface area contributed by atoms with Crippen molar-refractivity contribution in [3.05, 3.63) is 72.9 Å². The number of esters is 3. The zero-order valence-corrected chi connectivity index (χ0v) is 39.9. The zero-order valence-electron chi connectivity index (χ0n) is 39.9. The summed E-state index contributed by atoms with van der Waals surface area (Å²) in [5.74, 6) is -0.944. The Balaban J connectivity index is 4.42. The molecule has 0 saturated heterocycles. The molecule has 0 aliphatic carbocycles. The molecule has 0 rings (SSSR count). The van der Waals surface area contributed by atoms with Gasteiger partial charge in [0.1, 0.15) is 13.2 Å². The molecule has 0 heterocycles. The molecule has 0 fully saturated rings. The molecule has 0 saturated carbocycles. The van der Waals surface area contributed by atoms with E-state index in [0.29, 0.717) is 19.3 Å². The second kappa shape index (κ2) is 49.5. The number of carbonyl (C=O) groups is 3. The van der Waals surface area contributed by atoms with Gasteiger partial charge >= 0.3 is 17.9 Å². The van der Waals surface area contributed by atoms with Gasteiger partial charge in [-0.15, -0.1) is 0 Å². The molecular formula is C55H94O6. The summed E-state index contributed by atoms with van der Waals surface area (Å²) in [6.45, 7) is 6.42. The van der Waals surface area contributed by atoms with Gasteiger partial charge in [-0.25, -0.2) is 0 Å². The summed E-state index contributed by atoms with van der Waals surface area (Å²) in [5, 5.41) is 0. The molecule has 0 aromatic carbocycles. The minimum Gasteiger partial charge on any atom is -0.462 e. The molecule has 0 N–H and O–H groups in total. The molecule has 0 aliphatic heterocycles. The number of hydrogen-bond donors (Lipinski definition) is 0. The molecule has 350 valence electrons. The molecule has 1 unspecified atom stereocenters.